The van der Waals surface area contributed by atoms with Gasteiger partial charge in [-0.1, -0.05) is 6.07 Å². The molecule has 0 N–H and O–H groups in total. The van der Waals surface area contributed by atoms with Gasteiger partial charge in [-0.25, -0.2) is 4.98 Å². The molecule has 0 amide bonds. The Hall–Kier alpha value is -2.04. The molecule has 5 nitrogen and oxygen atoms in total. The van der Waals surface area contributed by atoms with Gasteiger partial charge in [0.15, 0.2) is 11.6 Å². The molecule has 0 spiro atoms. The smallest absolute Gasteiger partial charge is 0.183 e. The third kappa shape index (κ3) is 1.63. The molecular formula is C12H13N5. The van der Waals surface area contributed by atoms with Gasteiger partial charge in [0.05, 0.1) is 12.3 Å². The minimum Gasteiger partial charge on any atom is -0.303 e. The number of fused-ring (bicyclic) bond motifs is 1. The maximum absolute atomic E-state index is 4.49. The van der Waals surface area contributed by atoms with E-state index in [1.807, 2.05) is 32.0 Å². The average Bonchev–Trinajstić information content (AvgIpc) is 2.74. The summed E-state index contributed by atoms with van der Waals surface area (Å²) in [6, 6.07) is 5.93. The average molecular weight is 227 g/mol. The van der Waals surface area contributed by atoms with Gasteiger partial charge in [-0.15, -0.1) is 10.2 Å². The van der Waals surface area contributed by atoms with Crippen LogP contribution in [0.15, 0.2) is 23.2 Å². The molecule has 0 atom stereocenters. The van der Waals surface area contributed by atoms with Crippen LogP contribution >= 0.6 is 0 Å². The Labute approximate surface area is 99.2 Å². The van der Waals surface area contributed by atoms with Crippen LogP contribution in [0, 0.1) is 6.92 Å². The van der Waals surface area contributed by atoms with E-state index in [1.165, 1.54) is 0 Å². The Balaban J connectivity index is 2.14. The van der Waals surface area contributed by atoms with Crippen LogP contribution in [0.3, 0.4) is 0 Å². The van der Waals surface area contributed by atoms with Crippen molar-refractivity contribution in [2.75, 3.05) is 6.54 Å². The summed E-state index contributed by atoms with van der Waals surface area (Å²) in [7, 11) is 0. The molecule has 5 heteroatoms. The minimum absolute atomic E-state index is 0.787. The molecule has 0 aliphatic carbocycles. The molecule has 86 valence electrons. The summed E-state index contributed by atoms with van der Waals surface area (Å²) in [6.07, 6.45) is 0. The lowest BCUT2D eigenvalue weighted by molar-refractivity contribution is 0.685. The maximum Gasteiger partial charge on any atom is 0.183 e. The van der Waals surface area contributed by atoms with E-state index in [0.29, 0.717) is 0 Å². The summed E-state index contributed by atoms with van der Waals surface area (Å²) in [6.45, 7) is 5.55. The van der Waals surface area contributed by atoms with Crippen molar-refractivity contribution in [3.63, 3.8) is 0 Å². The van der Waals surface area contributed by atoms with E-state index in [1.54, 1.807) is 0 Å². The number of aliphatic imine (C=N–C) groups is 1. The number of nitrogens with zero attached hydrogens (tertiary/aromatic N) is 5. The molecule has 0 saturated carbocycles. The van der Waals surface area contributed by atoms with Crippen molar-refractivity contribution in [3.05, 3.63) is 29.7 Å². The molecule has 3 rings (SSSR count). The first-order valence-corrected chi connectivity index (χ1v) is 5.64. The predicted molar refractivity (Wildman–Crippen MR) is 65.1 cm³/mol. The van der Waals surface area contributed by atoms with E-state index in [4.69, 9.17) is 0 Å². The zero-order chi connectivity index (χ0) is 11.8. The minimum atomic E-state index is 0.787. The maximum atomic E-state index is 4.49. The van der Waals surface area contributed by atoms with E-state index in [0.717, 1.165) is 41.8 Å². The summed E-state index contributed by atoms with van der Waals surface area (Å²) in [5.41, 5.74) is 2.81. The van der Waals surface area contributed by atoms with E-state index < -0.39 is 0 Å². The Morgan fingerprint density at radius 1 is 1.12 bits per heavy atom. The third-order valence-electron chi connectivity index (χ3n) is 2.86. The van der Waals surface area contributed by atoms with Crippen LogP contribution in [0.1, 0.15) is 18.4 Å². The summed E-state index contributed by atoms with van der Waals surface area (Å²) in [4.78, 5) is 8.85. The number of hydrogen-bond donors (Lipinski definition) is 0. The van der Waals surface area contributed by atoms with Crippen LogP contribution in [0.25, 0.3) is 11.5 Å². The van der Waals surface area contributed by atoms with Crippen LogP contribution in [0.5, 0.6) is 0 Å². The van der Waals surface area contributed by atoms with Gasteiger partial charge >= 0.3 is 0 Å². The van der Waals surface area contributed by atoms with Gasteiger partial charge in [-0.05, 0) is 26.0 Å². The van der Waals surface area contributed by atoms with Gasteiger partial charge in [0.25, 0.3) is 0 Å². The van der Waals surface area contributed by atoms with Crippen molar-refractivity contribution >= 4 is 5.71 Å². The Bertz CT molecular complexity index is 597. The lowest BCUT2D eigenvalue weighted by Gasteiger charge is -2.13. The van der Waals surface area contributed by atoms with Crippen LogP contribution in [-0.4, -0.2) is 32.0 Å². The second-order valence-electron chi connectivity index (χ2n) is 4.13. The molecule has 0 unspecified atom stereocenters. The highest BCUT2D eigenvalue weighted by molar-refractivity contribution is 5.96. The molecule has 0 bridgehead atoms. The lowest BCUT2D eigenvalue weighted by Crippen LogP contribution is -2.17. The molecule has 1 aliphatic rings. The van der Waals surface area contributed by atoms with Crippen molar-refractivity contribution in [2.24, 2.45) is 4.99 Å². The fraction of sp³-hybridized carbons (Fsp3) is 0.333. The Kier molecular flexibility index (Phi) is 2.24. The second kappa shape index (κ2) is 3.76. The highest BCUT2D eigenvalue weighted by Gasteiger charge is 2.18. The van der Waals surface area contributed by atoms with Crippen LogP contribution in [0.2, 0.25) is 0 Å². The zero-order valence-corrected chi connectivity index (χ0v) is 9.88. The Morgan fingerprint density at radius 3 is 2.76 bits per heavy atom. The van der Waals surface area contributed by atoms with Crippen molar-refractivity contribution < 1.29 is 0 Å². The number of aryl methyl sites for hydroxylation is 1. The molecule has 3 heterocycles. The molecule has 1 aliphatic heterocycles. The molecule has 0 radical (unpaired) electrons. The van der Waals surface area contributed by atoms with Crippen LogP contribution in [0.4, 0.5) is 0 Å². The van der Waals surface area contributed by atoms with E-state index in [9.17, 15) is 0 Å². The molecule has 2 aromatic rings. The highest BCUT2D eigenvalue weighted by Crippen LogP contribution is 2.18. The van der Waals surface area contributed by atoms with Gasteiger partial charge in [0.1, 0.15) is 5.69 Å². The molecule has 2 aromatic heterocycles. The molecule has 0 fully saturated rings. The number of aromatic nitrogens is 4. The number of hydrogen-bond acceptors (Lipinski definition) is 4. The highest BCUT2D eigenvalue weighted by atomic mass is 15.3. The normalized spacial score (nSPS) is 14.4. The number of rotatable bonds is 1. The van der Waals surface area contributed by atoms with Gasteiger partial charge in [-0.2, -0.15) is 0 Å². The molecule has 0 saturated heterocycles. The molecule has 17 heavy (non-hydrogen) atoms. The van der Waals surface area contributed by atoms with Crippen molar-refractivity contribution in [3.8, 4) is 11.5 Å². The zero-order valence-electron chi connectivity index (χ0n) is 9.88. The second-order valence-corrected chi connectivity index (χ2v) is 4.13. The monoisotopic (exact) mass is 227 g/mol. The fourth-order valence-electron chi connectivity index (χ4n) is 2.03. The first kappa shape index (κ1) is 10.1. The first-order chi connectivity index (χ1) is 8.25. The summed E-state index contributed by atoms with van der Waals surface area (Å²) >= 11 is 0. The summed E-state index contributed by atoms with van der Waals surface area (Å²) in [5.74, 6) is 1.69. The van der Waals surface area contributed by atoms with E-state index in [-0.39, 0.29) is 0 Å². The van der Waals surface area contributed by atoms with E-state index in [2.05, 4.69) is 24.7 Å². The molecular weight excluding hydrogens is 214 g/mol. The van der Waals surface area contributed by atoms with Crippen LogP contribution in [-0.2, 0) is 6.54 Å². The largest absolute Gasteiger partial charge is 0.303 e. The fourth-order valence-corrected chi connectivity index (χ4v) is 2.03. The van der Waals surface area contributed by atoms with Crippen molar-refractivity contribution in [1.29, 1.82) is 0 Å². The number of pyridine rings is 1. The third-order valence-corrected chi connectivity index (χ3v) is 2.86. The van der Waals surface area contributed by atoms with Gasteiger partial charge < -0.3 is 4.57 Å². The topological polar surface area (TPSA) is 56.0 Å². The molecule has 0 aromatic carbocycles. The van der Waals surface area contributed by atoms with E-state index >= 15 is 0 Å². The first-order valence-electron chi connectivity index (χ1n) is 5.64. The van der Waals surface area contributed by atoms with Crippen molar-refractivity contribution in [2.45, 2.75) is 20.4 Å². The predicted octanol–water partition coefficient (Wildman–Crippen LogP) is 1.47. The summed E-state index contributed by atoms with van der Waals surface area (Å²) in [5, 5.41) is 8.42. The van der Waals surface area contributed by atoms with Gasteiger partial charge in [0.2, 0.25) is 0 Å². The SMILES string of the molecule is CC1=NCCn2c1nnc2-c1cccc(C)n1. The lowest BCUT2D eigenvalue weighted by atomic mass is 10.3. The van der Waals surface area contributed by atoms with Gasteiger partial charge in [-0.3, -0.25) is 4.99 Å². The standard InChI is InChI=1S/C12H13N5/c1-8-4-3-5-10(14-8)12-16-15-11-9(2)13-6-7-17(11)12/h3-5H,6-7H2,1-2H3. The van der Waals surface area contributed by atoms with Gasteiger partial charge in [0, 0.05) is 12.2 Å². The Morgan fingerprint density at radius 2 is 1.94 bits per heavy atom. The quantitative estimate of drug-likeness (QED) is 0.741. The summed E-state index contributed by atoms with van der Waals surface area (Å²) < 4.78 is 2.09. The van der Waals surface area contributed by atoms with Crippen molar-refractivity contribution in [1.82, 2.24) is 19.7 Å². The van der Waals surface area contributed by atoms with Crippen LogP contribution < -0.4 is 0 Å².